The number of β-amino-alcohol motifs (C(OH)–C–C–N with tert-alkyl or cyclic N) is 1. The lowest BCUT2D eigenvalue weighted by Crippen LogP contribution is -2.55. The molecule has 0 saturated carbocycles. The maximum atomic E-state index is 13.4. The second-order valence-corrected chi connectivity index (χ2v) is 7.22. The van der Waals surface area contributed by atoms with E-state index in [-0.39, 0.29) is 23.2 Å². The van der Waals surface area contributed by atoms with Gasteiger partial charge in [-0.2, -0.15) is 5.26 Å². The zero-order valence-electron chi connectivity index (χ0n) is 16.1. The predicted octanol–water partition coefficient (Wildman–Crippen LogP) is 1.45. The highest BCUT2D eigenvalue weighted by molar-refractivity contribution is 6.30. The second kappa shape index (κ2) is 10.3. The summed E-state index contributed by atoms with van der Waals surface area (Å²) in [5.74, 6) is -0.602. The molecule has 3 rings (SSSR count). The van der Waals surface area contributed by atoms with E-state index in [9.17, 15) is 14.3 Å². The van der Waals surface area contributed by atoms with E-state index in [0.29, 0.717) is 44.0 Å². The Kier molecular flexibility index (Phi) is 7.54. The smallest absolute Gasteiger partial charge is 0.284 e. The molecule has 1 atom stereocenters. The number of benzene rings is 1. The fourth-order valence-electron chi connectivity index (χ4n) is 2.95. The molecule has 1 aromatic carbocycles. The van der Waals surface area contributed by atoms with Gasteiger partial charge < -0.3 is 9.84 Å². The Morgan fingerprint density at radius 2 is 2.10 bits per heavy atom. The van der Waals surface area contributed by atoms with Crippen LogP contribution < -0.4 is 10.2 Å². The number of halogens is 2. The first-order valence-electron chi connectivity index (χ1n) is 9.35. The van der Waals surface area contributed by atoms with E-state index in [4.69, 9.17) is 21.6 Å². The molecule has 1 amide bonds. The molecule has 0 radical (unpaired) electrons. The minimum Gasteiger partial charge on any atom is -0.491 e. The van der Waals surface area contributed by atoms with Crippen LogP contribution in [-0.2, 0) is 0 Å². The molecule has 1 aliphatic heterocycles. The van der Waals surface area contributed by atoms with Crippen LogP contribution in [0.25, 0.3) is 0 Å². The molecule has 1 aromatic heterocycles. The molecule has 1 saturated heterocycles. The summed E-state index contributed by atoms with van der Waals surface area (Å²) in [6, 6.07) is 9.13. The van der Waals surface area contributed by atoms with Crippen molar-refractivity contribution in [2.45, 2.75) is 6.10 Å². The van der Waals surface area contributed by atoms with Crippen LogP contribution >= 0.6 is 11.6 Å². The Labute approximate surface area is 178 Å². The van der Waals surface area contributed by atoms with Crippen molar-refractivity contribution in [1.29, 1.82) is 5.26 Å². The number of nitrogens with one attached hydrogen (secondary N) is 1. The fraction of sp³-hybridized carbons (Fsp3) is 0.350. The van der Waals surface area contributed by atoms with Gasteiger partial charge in [-0.15, -0.1) is 0 Å². The van der Waals surface area contributed by atoms with Crippen LogP contribution in [0.2, 0.25) is 5.02 Å². The molecule has 158 valence electrons. The molecule has 1 aliphatic rings. The average molecular weight is 434 g/mol. The summed E-state index contributed by atoms with van der Waals surface area (Å²) in [6.07, 6.45) is 0.613. The molecular formula is C20H21ClFN5O3. The number of aromatic nitrogens is 1. The van der Waals surface area contributed by atoms with Gasteiger partial charge in [-0.25, -0.2) is 14.4 Å². The van der Waals surface area contributed by atoms with Crippen LogP contribution in [0.5, 0.6) is 5.75 Å². The summed E-state index contributed by atoms with van der Waals surface area (Å²) in [4.78, 5) is 18.3. The van der Waals surface area contributed by atoms with Gasteiger partial charge in [0, 0.05) is 45.0 Å². The van der Waals surface area contributed by atoms with Gasteiger partial charge in [-0.05, 0) is 24.3 Å². The first-order chi connectivity index (χ1) is 14.4. The van der Waals surface area contributed by atoms with Gasteiger partial charge in [-0.3, -0.25) is 15.1 Å². The Morgan fingerprint density at radius 3 is 2.73 bits per heavy atom. The predicted molar refractivity (Wildman–Crippen MR) is 107 cm³/mol. The van der Waals surface area contributed by atoms with Crippen LogP contribution in [0.3, 0.4) is 0 Å². The number of rotatable bonds is 7. The number of aliphatic hydroxyl groups is 1. The van der Waals surface area contributed by atoms with E-state index in [0.717, 1.165) is 0 Å². The molecule has 1 fully saturated rings. The van der Waals surface area contributed by atoms with Crippen LogP contribution in [0.4, 0.5) is 4.39 Å². The lowest BCUT2D eigenvalue weighted by atomic mass is 10.2. The standard InChI is InChI=1S/C20H21ClFN5O3/c21-17-3-2-16(9-18(17)22)30-13-15(28)12-26-5-7-27(8-6-26)25-20(29)19-4-1-14(10-23)11-24-19/h1-4,9,11,15,28H,5-8,12-13H2,(H,25,29)/t15-/m0/s1. The third kappa shape index (κ3) is 6.11. The van der Waals surface area contributed by atoms with Gasteiger partial charge in [0.05, 0.1) is 10.6 Å². The molecule has 2 aromatic rings. The van der Waals surface area contributed by atoms with Crippen LogP contribution in [-0.4, -0.2) is 71.3 Å². The lowest BCUT2D eigenvalue weighted by Gasteiger charge is -2.35. The average Bonchev–Trinajstić information content (AvgIpc) is 2.76. The van der Waals surface area contributed by atoms with Crippen molar-refractivity contribution >= 4 is 17.5 Å². The number of ether oxygens (including phenoxy) is 1. The van der Waals surface area contributed by atoms with Gasteiger partial charge in [0.15, 0.2) is 0 Å². The summed E-state index contributed by atoms with van der Waals surface area (Å²) in [5.41, 5.74) is 3.42. The summed E-state index contributed by atoms with van der Waals surface area (Å²) in [5, 5.41) is 20.8. The van der Waals surface area contributed by atoms with E-state index in [1.165, 1.54) is 24.4 Å². The van der Waals surface area contributed by atoms with Gasteiger partial charge >= 0.3 is 0 Å². The number of piperazine rings is 1. The van der Waals surface area contributed by atoms with Crippen molar-refractivity contribution in [2.24, 2.45) is 0 Å². The molecule has 2 heterocycles. The minimum absolute atomic E-state index is 0.0165. The Hall–Kier alpha value is -2.77. The maximum Gasteiger partial charge on any atom is 0.284 e. The first kappa shape index (κ1) is 21.9. The van der Waals surface area contributed by atoms with Crippen molar-refractivity contribution in [2.75, 3.05) is 39.3 Å². The Bertz CT molecular complexity index is 914. The van der Waals surface area contributed by atoms with Crippen molar-refractivity contribution < 1.29 is 19.0 Å². The zero-order chi connectivity index (χ0) is 21.5. The van der Waals surface area contributed by atoms with E-state index in [1.807, 2.05) is 6.07 Å². The highest BCUT2D eigenvalue weighted by Crippen LogP contribution is 2.20. The van der Waals surface area contributed by atoms with E-state index < -0.39 is 11.9 Å². The third-order valence-electron chi connectivity index (χ3n) is 4.56. The van der Waals surface area contributed by atoms with E-state index in [2.05, 4.69) is 15.3 Å². The summed E-state index contributed by atoms with van der Waals surface area (Å²) in [6.45, 7) is 2.88. The van der Waals surface area contributed by atoms with Crippen LogP contribution in [0, 0.1) is 17.1 Å². The van der Waals surface area contributed by atoms with Gasteiger partial charge in [0.25, 0.3) is 5.91 Å². The number of hydrazine groups is 1. The Morgan fingerprint density at radius 1 is 1.33 bits per heavy atom. The number of carbonyl (C=O) groups is 1. The molecule has 0 unspecified atom stereocenters. The summed E-state index contributed by atoms with van der Waals surface area (Å²) >= 11 is 5.63. The normalized spacial score (nSPS) is 15.9. The number of hydrogen-bond donors (Lipinski definition) is 2. The molecule has 2 N–H and O–H groups in total. The second-order valence-electron chi connectivity index (χ2n) is 6.81. The number of carbonyl (C=O) groups excluding carboxylic acids is 1. The SMILES string of the molecule is N#Cc1ccc(C(=O)NN2CCN(C[C@H](O)COc3ccc(Cl)c(F)c3)CC2)nc1. The van der Waals surface area contributed by atoms with Gasteiger partial charge in [0.1, 0.15) is 36.0 Å². The van der Waals surface area contributed by atoms with Crippen molar-refractivity contribution in [3.05, 3.63) is 58.6 Å². The van der Waals surface area contributed by atoms with Crippen molar-refractivity contribution in [1.82, 2.24) is 20.3 Å². The molecule has 10 heteroatoms. The van der Waals surface area contributed by atoms with Gasteiger partial charge in [0.2, 0.25) is 0 Å². The molecule has 30 heavy (non-hydrogen) atoms. The number of nitriles is 1. The highest BCUT2D eigenvalue weighted by Gasteiger charge is 2.21. The summed E-state index contributed by atoms with van der Waals surface area (Å²) < 4.78 is 18.8. The number of nitrogens with zero attached hydrogens (tertiary/aromatic N) is 4. The Balaban J connectivity index is 1.38. The largest absolute Gasteiger partial charge is 0.491 e. The third-order valence-corrected chi connectivity index (χ3v) is 4.87. The lowest BCUT2D eigenvalue weighted by molar-refractivity contribution is 0.0315. The molecule has 8 nitrogen and oxygen atoms in total. The number of pyridine rings is 1. The quantitative estimate of drug-likeness (QED) is 0.681. The molecular weight excluding hydrogens is 413 g/mol. The maximum absolute atomic E-state index is 13.4. The molecule has 0 spiro atoms. The van der Waals surface area contributed by atoms with Gasteiger partial charge in [-0.1, -0.05) is 11.6 Å². The number of amides is 1. The number of hydrogen-bond acceptors (Lipinski definition) is 7. The topological polar surface area (TPSA) is 102 Å². The minimum atomic E-state index is -0.743. The molecule has 0 bridgehead atoms. The summed E-state index contributed by atoms with van der Waals surface area (Å²) in [7, 11) is 0. The monoisotopic (exact) mass is 433 g/mol. The van der Waals surface area contributed by atoms with E-state index in [1.54, 1.807) is 17.1 Å². The number of aliphatic hydroxyl groups excluding tert-OH is 1. The van der Waals surface area contributed by atoms with E-state index >= 15 is 0 Å². The zero-order valence-corrected chi connectivity index (χ0v) is 16.8. The van der Waals surface area contributed by atoms with Crippen LogP contribution in [0.1, 0.15) is 16.1 Å². The van der Waals surface area contributed by atoms with Crippen molar-refractivity contribution in [3.8, 4) is 11.8 Å². The van der Waals surface area contributed by atoms with Crippen LogP contribution in [0.15, 0.2) is 36.5 Å². The highest BCUT2D eigenvalue weighted by atomic mass is 35.5. The van der Waals surface area contributed by atoms with Crippen molar-refractivity contribution in [3.63, 3.8) is 0 Å². The fourth-order valence-corrected chi connectivity index (χ4v) is 3.06. The first-order valence-corrected chi connectivity index (χ1v) is 9.73. The molecule has 0 aliphatic carbocycles.